The van der Waals surface area contributed by atoms with E-state index in [-0.39, 0.29) is 30.3 Å². The van der Waals surface area contributed by atoms with E-state index in [2.05, 4.69) is 31.2 Å². The van der Waals surface area contributed by atoms with Crippen molar-refractivity contribution in [2.45, 2.75) is 39.2 Å². The molecular weight excluding hydrogens is 487 g/mol. The number of rotatable bonds is 6. The summed E-state index contributed by atoms with van der Waals surface area (Å²) < 4.78 is 67.4. The van der Waals surface area contributed by atoms with Gasteiger partial charge in [-0.1, -0.05) is 15.9 Å². The predicted octanol–water partition coefficient (Wildman–Crippen LogP) is 6.17. The van der Waals surface area contributed by atoms with Crippen molar-refractivity contribution in [2.24, 2.45) is 5.92 Å². The molecule has 176 valence electrons. The lowest BCUT2D eigenvalue weighted by Crippen LogP contribution is -2.32. The van der Waals surface area contributed by atoms with Crippen molar-refractivity contribution in [1.29, 1.82) is 0 Å². The molecule has 0 aliphatic carbocycles. The van der Waals surface area contributed by atoms with Crippen LogP contribution in [0.15, 0.2) is 41.1 Å². The highest BCUT2D eigenvalue weighted by molar-refractivity contribution is 9.10. The number of aromatic nitrogens is 2. The minimum absolute atomic E-state index is 0.162. The molecule has 1 N–H and O–H groups in total. The van der Waals surface area contributed by atoms with Crippen LogP contribution in [0.1, 0.15) is 40.5 Å². The molecule has 0 saturated carbocycles. The number of benzene rings is 2. The largest absolute Gasteiger partial charge is 0.489 e. The van der Waals surface area contributed by atoms with E-state index in [9.17, 15) is 4.39 Å². The standard InChI is InChI=1S/C25H30BrFN4O2/c1-25(2,3)33-23-12-18-21(13-22(23)32-14-16-7-9-31(4)10-8-16)28-15-29-24(18)30-20-6-5-17(26)11-19(20)27/h5-6,11-13,15-16H,7-10,14H2,1-4H3,(H,28,29,30)/i4D3,14D2. The lowest BCUT2D eigenvalue weighted by atomic mass is 9.98. The third kappa shape index (κ3) is 6.12. The number of anilines is 2. The van der Waals surface area contributed by atoms with Crippen molar-refractivity contribution >= 4 is 38.3 Å². The average molecular weight is 522 g/mol. The van der Waals surface area contributed by atoms with Crippen LogP contribution in [0.5, 0.6) is 11.5 Å². The van der Waals surface area contributed by atoms with Gasteiger partial charge in [0.15, 0.2) is 11.5 Å². The summed E-state index contributed by atoms with van der Waals surface area (Å²) in [4.78, 5) is 9.98. The monoisotopic (exact) mass is 521 g/mol. The Morgan fingerprint density at radius 1 is 1.21 bits per heavy atom. The average Bonchev–Trinajstić information content (AvgIpc) is 2.80. The number of nitrogens with one attached hydrogen (secondary N) is 1. The topological polar surface area (TPSA) is 59.5 Å². The van der Waals surface area contributed by atoms with Gasteiger partial charge in [-0.15, -0.1) is 0 Å². The fraction of sp³-hybridized carbons (Fsp3) is 0.440. The molecule has 8 heteroatoms. The molecule has 4 rings (SSSR count). The molecule has 0 atom stereocenters. The van der Waals surface area contributed by atoms with Crippen molar-refractivity contribution in [3.8, 4) is 11.5 Å². The molecule has 1 fully saturated rings. The minimum atomic E-state index is -2.20. The molecule has 33 heavy (non-hydrogen) atoms. The SMILES string of the molecule is [2H]C([2H])(Oc1cc2ncnc(Nc3ccc(Br)cc3F)c2cc1OC(C)(C)C)C1CCN(C([2H])([2H])[2H])CC1. The molecule has 1 saturated heterocycles. The summed E-state index contributed by atoms with van der Waals surface area (Å²) in [5, 5.41) is 3.54. The first-order valence-corrected chi connectivity index (χ1v) is 11.6. The first-order valence-electron chi connectivity index (χ1n) is 13.3. The number of piperidine rings is 1. The van der Waals surface area contributed by atoms with E-state index >= 15 is 0 Å². The highest BCUT2D eigenvalue weighted by Gasteiger charge is 2.21. The second-order valence-corrected chi connectivity index (χ2v) is 9.90. The fourth-order valence-electron chi connectivity index (χ4n) is 3.52. The van der Waals surface area contributed by atoms with Crippen LogP contribution in [0.3, 0.4) is 0 Å². The van der Waals surface area contributed by atoms with Gasteiger partial charge >= 0.3 is 0 Å². The molecule has 3 aromatic rings. The van der Waals surface area contributed by atoms with Crippen LogP contribution in [0.25, 0.3) is 10.9 Å². The Balaban J connectivity index is 1.67. The number of hydrogen-bond acceptors (Lipinski definition) is 6. The van der Waals surface area contributed by atoms with E-state index in [4.69, 9.17) is 16.3 Å². The second-order valence-electron chi connectivity index (χ2n) is 8.98. The molecule has 0 radical (unpaired) electrons. The molecule has 2 heterocycles. The summed E-state index contributed by atoms with van der Waals surface area (Å²) in [7, 11) is 0. The number of fused-ring (bicyclic) bond motifs is 1. The van der Waals surface area contributed by atoms with E-state index in [0.717, 1.165) is 0 Å². The van der Waals surface area contributed by atoms with Gasteiger partial charge in [0.25, 0.3) is 0 Å². The lowest BCUT2D eigenvalue weighted by Gasteiger charge is -2.29. The van der Waals surface area contributed by atoms with Crippen molar-refractivity contribution in [2.75, 3.05) is 31.9 Å². The van der Waals surface area contributed by atoms with Crippen LogP contribution in [0.4, 0.5) is 15.9 Å². The van der Waals surface area contributed by atoms with Gasteiger partial charge in [-0.3, -0.25) is 0 Å². The molecule has 0 spiro atoms. The highest BCUT2D eigenvalue weighted by atomic mass is 79.9. The number of nitrogens with zero attached hydrogens (tertiary/aromatic N) is 3. The number of ether oxygens (including phenoxy) is 2. The first kappa shape index (κ1) is 18.0. The van der Waals surface area contributed by atoms with E-state index in [1.54, 1.807) is 24.3 Å². The van der Waals surface area contributed by atoms with Crippen LogP contribution in [-0.4, -0.2) is 47.1 Å². The van der Waals surface area contributed by atoms with E-state index in [0.29, 0.717) is 34.0 Å². The summed E-state index contributed by atoms with van der Waals surface area (Å²) in [5.41, 5.74) is 0.0424. The Morgan fingerprint density at radius 3 is 2.70 bits per heavy atom. The van der Waals surface area contributed by atoms with E-state index in [1.807, 2.05) is 20.8 Å². The quantitative estimate of drug-likeness (QED) is 0.418. The Kier molecular flexibility index (Phi) is 5.34. The summed E-state index contributed by atoms with van der Waals surface area (Å²) in [6, 6.07) is 7.87. The Morgan fingerprint density at radius 2 is 2.00 bits per heavy atom. The summed E-state index contributed by atoms with van der Waals surface area (Å²) in [5.74, 6) is -0.183. The minimum Gasteiger partial charge on any atom is -0.489 e. The van der Waals surface area contributed by atoms with Crippen molar-refractivity contribution < 1.29 is 20.7 Å². The van der Waals surface area contributed by atoms with Gasteiger partial charge in [0.05, 0.1) is 20.5 Å². The van der Waals surface area contributed by atoms with Crippen molar-refractivity contribution in [3.05, 3.63) is 46.9 Å². The highest BCUT2D eigenvalue weighted by Crippen LogP contribution is 2.37. The molecule has 0 amide bonds. The van der Waals surface area contributed by atoms with Crippen LogP contribution in [0.2, 0.25) is 0 Å². The molecule has 2 aromatic carbocycles. The molecule has 6 nitrogen and oxygen atoms in total. The van der Waals surface area contributed by atoms with E-state index in [1.165, 1.54) is 17.3 Å². The Hall–Kier alpha value is -2.45. The maximum absolute atomic E-state index is 14.5. The lowest BCUT2D eigenvalue weighted by molar-refractivity contribution is 0.116. The fourth-order valence-corrected chi connectivity index (χ4v) is 3.85. The predicted molar refractivity (Wildman–Crippen MR) is 133 cm³/mol. The number of hydrogen-bond donors (Lipinski definition) is 1. The number of halogens is 2. The number of likely N-dealkylation sites (tertiary alicyclic amines) is 1. The van der Waals surface area contributed by atoms with Gasteiger partial charge in [0.1, 0.15) is 23.6 Å². The molecule has 1 aliphatic rings. The summed E-state index contributed by atoms with van der Waals surface area (Å²) >= 11 is 3.25. The first-order chi connectivity index (χ1) is 17.6. The van der Waals surface area contributed by atoms with Crippen molar-refractivity contribution in [1.82, 2.24) is 14.9 Å². The van der Waals surface area contributed by atoms with Gasteiger partial charge in [0.2, 0.25) is 0 Å². The van der Waals surface area contributed by atoms with Gasteiger partial charge in [-0.05, 0) is 83.9 Å². The van der Waals surface area contributed by atoms with E-state index < -0.39 is 30.9 Å². The third-order valence-electron chi connectivity index (χ3n) is 5.13. The molecular formula is C25H30BrFN4O2. The normalized spacial score (nSPS) is 18.6. The summed E-state index contributed by atoms with van der Waals surface area (Å²) in [6.07, 6.45) is 2.00. The van der Waals surface area contributed by atoms with Gasteiger partial charge < -0.3 is 19.7 Å². The maximum Gasteiger partial charge on any atom is 0.163 e. The van der Waals surface area contributed by atoms with Crippen LogP contribution in [0, 0.1) is 11.7 Å². The van der Waals surface area contributed by atoms with Crippen molar-refractivity contribution in [3.63, 3.8) is 0 Å². The Labute approximate surface area is 209 Å². The van der Waals surface area contributed by atoms with Gasteiger partial charge in [-0.2, -0.15) is 0 Å². The zero-order chi connectivity index (χ0) is 27.9. The van der Waals surface area contributed by atoms with Crippen LogP contribution >= 0.6 is 15.9 Å². The summed E-state index contributed by atoms with van der Waals surface area (Å²) in [6.45, 7) is 1.80. The smallest absolute Gasteiger partial charge is 0.163 e. The van der Waals surface area contributed by atoms with Gasteiger partial charge in [-0.25, -0.2) is 14.4 Å². The zero-order valence-corrected chi connectivity index (χ0v) is 20.4. The second kappa shape index (κ2) is 9.81. The van der Waals surface area contributed by atoms with Gasteiger partial charge in [0, 0.05) is 20.0 Å². The zero-order valence-electron chi connectivity index (χ0n) is 23.8. The Bertz CT molecular complexity index is 1310. The molecule has 0 bridgehead atoms. The van der Waals surface area contributed by atoms with Crippen LogP contribution < -0.4 is 14.8 Å². The maximum atomic E-state index is 14.5. The molecule has 1 aromatic heterocycles. The third-order valence-corrected chi connectivity index (χ3v) is 5.62. The molecule has 1 aliphatic heterocycles. The molecule has 0 unspecified atom stereocenters. The van der Waals surface area contributed by atoms with Crippen LogP contribution in [-0.2, 0) is 0 Å².